The van der Waals surface area contributed by atoms with Crippen LogP contribution in [0.25, 0.3) is 12.7 Å². The predicted molar refractivity (Wildman–Crippen MR) is 86.5 cm³/mol. The van der Waals surface area contributed by atoms with Gasteiger partial charge in [0.2, 0.25) is 0 Å². The molecule has 6 heteroatoms. The molecular formula is C15H19BrN2O3. The molecule has 114 valence electrons. The number of hydrogen-bond acceptors (Lipinski definition) is 4. The molecule has 0 fully saturated rings. The van der Waals surface area contributed by atoms with Gasteiger partial charge in [0, 0.05) is 15.8 Å². The van der Waals surface area contributed by atoms with Crippen molar-refractivity contribution in [2.45, 2.75) is 32.1 Å². The van der Waals surface area contributed by atoms with Crippen LogP contribution in [-0.4, -0.2) is 22.4 Å². The summed E-state index contributed by atoms with van der Waals surface area (Å²) in [7, 11) is 0. The van der Waals surface area contributed by atoms with Crippen LogP contribution >= 0.6 is 15.9 Å². The van der Waals surface area contributed by atoms with Gasteiger partial charge < -0.3 is 4.74 Å². The maximum atomic E-state index is 12.3. The van der Waals surface area contributed by atoms with Crippen LogP contribution in [0.4, 0.5) is 0 Å². The number of allylic oxidation sites excluding steroid dienone is 2. The van der Waals surface area contributed by atoms with Gasteiger partial charge in [0.15, 0.2) is 6.04 Å². The molecule has 0 amide bonds. The van der Waals surface area contributed by atoms with Crippen LogP contribution in [0.5, 0.6) is 0 Å². The Morgan fingerprint density at radius 1 is 1.57 bits per heavy atom. The van der Waals surface area contributed by atoms with E-state index < -0.39 is 17.6 Å². The minimum absolute atomic E-state index is 0.258. The topological polar surface area (TPSA) is 61.2 Å². The summed E-state index contributed by atoms with van der Waals surface area (Å²) in [5, 5.41) is 5.69. The summed E-state index contributed by atoms with van der Waals surface area (Å²) in [5.74, 6) is -0.489. The van der Waals surface area contributed by atoms with Crippen molar-refractivity contribution in [3.63, 3.8) is 0 Å². The highest BCUT2D eigenvalue weighted by atomic mass is 79.9. The Kier molecular flexibility index (Phi) is 6.55. The highest BCUT2D eigenvalue weighted by molar-refractivity contribution is 9.08. The minimum Gasteiger partial charge on any atom is -0.464 e. The molecule has 0 spiro atoms. The quantitative estimate of drug-likeness (QED) is 0.585. The molecule has 1 aromatic heterocycles. The lowest BCUT2D eigenvalue weighted by Gasteiger charge is -2.13. The van der Waals surface area contributed by atoms with E-state index in [2.05, 4.69) is 27.6 Å². The molecule has 1 heterocycles. The molecule has 0 bridgehead atoms. The smallest absolute Gasteiger partial charge is 0.330 e. The van der Waals surface area contributed by atoms with Crippen molar-refractivity contribution in [1.29, 1.82) is 0 Å². The van der Waals surface area contributed by atoms with Crippen molar-refractivity contribution in [2.24, 2.45) is 0 Å². The maximum Gasteiger partial charge on any atom is 0.330 e. The zero-order valence-corrected chi connectivity index (χ0v) is 14.0. The van der Waals surface area contributed by atoms with Crippen LogP contribution in [0.15, 0.2) is 16.9 Å². The first-order valence-corrected chi connectivity index (χ1v) is 7.76. The number of halogens is 1. The number of rotatable bonds is 5. The first-order valence-electron chi connectivity index (χ1n) is 6.64. The van der Waals surface area contributed by atoms with E-state index in [-0.39, 0.29) is 6.61 Å². The number of alkyl halides is 1. The molecule has 0 aliphatic rings. The van der Waals surface area contributed by atoms with E-state index in [1.54, 1.807) is 19.9 Å². The lowest BCUT2D eigenvalue weighted by atomic mass is 10.2. The van der Waals surface area contributed by atoms with E-state index in [9.17, 15) is 9.59 Å². The second-order valence-electron chi connectivity index (χ2n) is 4.34. The Morgan fingerprint density at radius 2 is 2.24 bits per heavy atom. The van der Waals surface area contributed by atoms with E-state index in [0.717, 1.165) is 4.68 Å². The van der Waals surface area contributed by atoms with Crippen LogP contribution in [0.2, 0.25) is 0 Å². The molecule has 21 heavy (non-hydrogen) atoms. The van der Waals surface area contributed by atoms with Crippen LogP contribution in [-0.2, 0) is 14.9 Å². The van der Waals surface area contributed by atoms with Gasteiger partial charge in [-0.1, -0.05) is 40.7 Å². The molecule has 0 saturated carbocycles. The van der Waals surface area contributed by atoms with Gasteiger partial charge in [0.05, 0.1) is 12.3 Å². The fourth-order valence-corrected chi connectivity index (χ4v) is 2.18. The monoisotopic (exact) mass is 354 g/mol. The fraction of sp³-hybridized carbons (Fsp3) is 0.400. The Labute approximate surface area is 131 Å². The van der Waals surface area contributed by atoms with Gasteiger partial charge in [-0.05, 0) is 20.8 Å². The molecule has 0 aliphatic heterocycles. The minimum atomic E-state index is -0.786. The number of aromatic nitrogens is 2. The summed E-state index contributed by atoms with van der Waals surface area (Å²) in [6.07, 6.45) is 5.45. The molecule has 0 aromatic carbocycles. The molecule has 1 aromatic rings. The normalized spacial score (nSPS) is 13.6. The number of ether oxygens (including phenoxy) is 1. The number of nitrogens with zero attached hydrogens (tertiary/aromatic N) is 2. The number of carbonyl (C=O) groups is 1. The Balaban J connectivity index is 3.53. The lowest BCUT2D eigenvalue weighted by molar-refractivity contribution is -0.147. The molecule has 5 nitrogen and oxygen atoms in total. The SMILES string of the molecule is C=c1c(=O)n(C(C)C(=O)OCC)nc(CBr)/c1=C/C=C\C. The van der Waals surface area contributed by atoms with Crippen molar-refractivity contribution >= 4 is 34.6 Å². The highest BCUT2D eigenvalue weighted by Crippen LogP contribution is 2.03. The maximum absolute atomic E-state index is 12.3. The number of hydrogen-bond donors (Lipinski definition) is 0. The first kappa shape index (κ1) is 17.4. The van der Waals surface area contributed by atoms with Crippen molar-refractivity contribution in [3.8, 4) is 0 Å². The van der Waals surface area contributed by atoms with E-state index in [1.807, 2.05) is 19.1 Å². The van der Waals surface area contributed by atoms with Gasteiger partial charge in [-0.25, -0.2) is 9.48 Å². The number of carbonyl (C=O) groups excluding carboxylic acids is 1. The van der Waals surface area contributed by atoms with Crippen LogP contribution in [0.1, 0.15) is 32.5 Å². The highest BCUT2D eigenvalue weighted by Gasteiger charge is 2.19. The summed E-state index contributed by atoms with van der Waals surface area (Å²) in [5.41, 5.74) is 0.254. The molecule has 0 radical (unpaired) electrons. The third-order valence-electron chi connectivity index (χ3n) is 2.91. The molecule has 1 unspecified atom stereocenters. The zero-order valence-electron chi connectivity index (χ0n) is 12.4. The summed E-state index contributed by atoms with van der Waals surface area (Å²) < 4.78 is 6.06. The second-order valence-corrected chi connectivity index (χ2v) is 4.90. The third-order valence-corrected chi connectivity index (χ3v) is 3.44. The first-order chi connectivity index (χ1) is 9.97. The summed E-state index contributed by atoms with van der Waals surface area (Å²) >= 11 is 3.34. The number of esters is 1. The van der Waals surface area contributed by atoms with Crippen molar-refractivity contribution < 1.29 is 9.53 Å². The molecule has 0 N–H and O–H groups in total. The summed E-state index contributed by atoms with van der Waals surface area (Å²) in [6.45, 7) is 9.25. The fourth-order valence-electron chi connectivity index (χ4n) is 1.77. The Morgan fingerprint density at radius 3 is 2.76 bits per heavy atom. The Bertz CT molecular complexity index is 707. The van der Waals surface area contributed by atoms with Crippen molar-refractivity contribution in [2.75, 3.05) is 6.61 Å². The third kappa shape index (κ3) is 3.91. The summed E-state index contributed by atoms with van der Waals surface area (Å²) in [4.78, 5) is 24.1. The molecule has 0 aliphatic carbocycles. The van der Waals surface area contributed by atoms with Crippen LogP contribution < -0.4 is 16.0 Å². The van der Waals surface area contributed by atoms with E-state index in [1.165, 1.54) is 0 Å². The average Bonchev–Trinajstić information content (AvgIpc) is 2.48. The van der Waals surface area contributed by atoms with Crippen molar-refractivity contribution in [3.05, 3.63) is 38.6 Å². The van der Waals surface area contributed by atoms with Gasteiger partial charge in [-0.2, -0.15) is 5.10 Å². The van der Waals surface area contributed by atoms with Crippen molar-refractivity contribution in [1.82, 2.24) is 9.78 Å². The van der Waals surface area contributed by atoms with Gasteiger partial charge >= 0.3 is 5.97 Å². The predicted octanol–water partition coefficient (Wildman–Crippen LogP) is 1.03. The van der Waals surface area contributed by atoms with Gasteiger partial charge in [0.1, 0.15) is 0 Å². The van der Waals surface area contributed by atoms with E-state index in [0.29, 0.717) is 21.5 Å². The van der Waals surface area contributed by atoms with Gasteiger partial charge in [0.25, 0.3) is 5.56 Å². The zero-order chi connectivity index (χ0) is 16.0. The molecule has 0 saturated heterocycles. The molecule has 1 atom stereocenters. The summed E-state index contributed by atoms with van der Waals surface area (Å²) in [6, 6.07) is -0.786. The molecular weight excluding hydrogens is 336 g/mol. The largest absolute Gasteiger partial charge is 0.464 e. The van der Waals surface area contributed by atoms with Crippen LogP contribution in [0.3, 0.4) is 0 Å². The Hall–Kier alpha value is -1.69. The van der Waals surface area contributed by atoms with Crippen LogP contribution in [0, 0.1) is 0 Å². The molecule has 1 rings (SSSR count). The van der Waals surface area contributed by atoms with Gasteiger partial charge in [-0.3, -0.25) is 4.79 Å². The van der Waals surface area contributed by atoms with Gasteiger partial charge in [-0.15, -0.1) is 0 Å². The average molecular weight is 355 g/mol. The lowest BCUT2D eigenvalue weighted by Crippen LogP contribution is -2.49. The second kappa shape index (κ2) is 7.93. The standard InChI is InChI=1S/C15H19BrN2O3/c1-5-7-8-12-10(3)14(19)18(17-13(12)9-16)11(4)15(20)21-6-2/h5,7-8,11H,3,6,9H2,1-2,4H3/b7-5-,12-8+. The van der Waals surface area contributed by atoms with E-state index >= 15 is 0 Å². The van der Waals surface area contributed by atoms with E-state index in [4.69, 9.17) is 4.74 Å².